The third-order valence-corrected chi connectivity index (χ3v) is 5.77. The number of hydrogen-bond acceptors (Lipinski definition) is 7. The molecule has 3 rings (SSSR count). The Labute approximate surface area is 177 Å². The van der Waals surface area contributed by atoms with Crippen molar-refractivity contribution in [2.75, 3.05) is 32.2 Å². The van der Waals surface area contributed by atoms with E-state index in [-0.39, 0.29) is 30.0 Å². The van der Waals surface area contributed by atoms with Crippen molar-refractivity contribution >= 4 is 47.2 Å². The summed E-state index contributed by atoms with van der Waals surface area (Å²) in [5.74, 6) is 2.65. The molecule has 0 spiro atoms. The molecule has 1 aromatic carbocycles. The molecule has 1 amide bonds. The van der Waals surface area contributed by atoms with Gasteiger partial charge in [0, 0.05) is 40.8 Å². The number of allylic oxidation sites excluding steroid dienone is 2. The lowest BCUT2D eigenvalue weighted by Gasteiger charge is -2.15. The highest BCUT2D eigenvalue weighted by atomic mass is 32.2. The molecule has 8 heteroatoms. The summed E-state index contributed by atoms with van der Waals surface area (Å²) in [6.45, 7) is 0.480. The van der Waals surface area contributed by atoms with Crippen molar-refractivity contribution in [1.29, 1.82) is 0 Å². The molecule has 150 valence electrons. The number of amides is 1. The highest BCUT2D eigenvalue weighted by Crippen LogP contribution is 2.29. The monoisotopic (exact) mass is 428 g/mol. The smallest absolute Gasteiger partial charge is 0.315 e. The lowest BCUT2D eigenvalue weighted by atomic mass is 9.97. The topological polar surface area (TPSA) is 76.0 Å². The second kappa shape index (κ2) is 9.78. The van der Waals surface area contributed by atoms with Gasteiger partial charge in [-0.1, -0.05) is 12.1 Å². The molecule has 0 saturated carbocycles. The summed E-state index contributed by atoms with van der Waals surface area (Å²) in [5.41, 5.74) is 3.13. The van der Waals surface area contributed by atoms with Crippen LogP contribution in [0.2, 0.25) is 0 Å². The molecule has 0 fully saturated rings. The van der Waals surface area contributed by atoms with E-state index in [2.05, 4.69) is 15.0 Å². The maximum absolute atomic E-state index is 12.6. The van der Waals surface area contributed by atoms with Gasteiger partial charge < -0.3 is 9.64 Å². The molecule has 0 saturated heterocycles. The highest BCUT2D eigenvalue weighted by molar-refractivity contribution is 8.00. The number of nitrogens with zero attached hydrogens (tertiary/aromatic N) is 2. The number of ketones is 1. The Hall–Kier alpha value is -2.54. The SMILES string of the molecule is COC(=O)CSc1ccc(C(=O)CN2CC3=C(C=CC(=C=NSC)C3)C2=O)cc1. The maximum Gasteiger partial charge on any atom is 0.315 e. The fourth-order valence-corrected chi connectivity index (χ4v) is 3.97. The standard InChI is InChI=1S/C21H20N2O4S2/c1-27-20(25)13-29-17-6-4-15(5-7-17)19(24)12-23-11-16-9-14(10-22-28-2)3-8-18(16)21(23)26/h3-8H,9,11-13H2,1-2H3. The molecular formula is C21H20N2O4S2. The molecule has 0 aromatic heterocycles. The quantitative estimate of drug-likeness (QED) is 0.218. The van der Waals surface area contributed by atoms with E-state index >= 15 is 0 Å². The Morgan fingerprint density at radius 1 is 1.24 bits per heavy atom. The van der Waals surface area contributed by atoms with Crippen LogP contribution < -0.4 is 0 Å². The second-order valence-electron chi connectivity index (χ2n) is 6.41. The van der Waals surface area contributed by atoms with Crippen LogP contribution in [0.15, 0.2) is 62.4 Å². The molecule has 1 heterocycles. The molecular weight excluding hydrogens is 408 g/mol. The average Bonchev–Trinajstić information content (AvgIpc) is 3.05. The van der Waals surface area contributed by atoms with E-state index in [0.717, 1.165) is 16.0 Å². The van der Waals surface area contributed by atoms with Crippen molar-refractivity contribution in [3.8, 4) is 0 Å². The first-order valence-corrected chi connectivity index (χ1v) is 11.1. The Kier molecular flexibility index (Phi) is 7.14. The minimum Gasteiger partial charge on any atom is -0.468 e. The Balaban J connectivity index is 1.59. The summed E-state index contributed by atoms with van der Waals surface area (Å²) < 4.78 is 8.66. The van der Waals surface area contributed by atoms with E-state index < -0.39 is 0 Å². The van der Waals surface area contributed by atoms with Crippen LogP contribution in [-0.2, 0) is 14.3 Å². The number of benzene rings is 1. The van der Waals surface area contributed by atoms with Gasteiger partial charge in [-0.2, -0.15) is 4.40 Å². The van der Waals surface area contributed by atoms with Crippen LogP contribution in [0.25, 0.3) is 0 Å². The fourth-order valence-electron chi connectivity index (χ4n) is 3.03. The van der Waals surface area contributed by atoms with Crippen LogP contribution in [0.4, 0.5) is 0 Å². The van der Waals surface area contributed by atoms with Crippen LogP contribution in [-0.4, -0.2) is 60.6 Å². The molecule has 1 aliphatic carbocycles. The number of Topliss-reactive ketones (excluding diaryl/α,β-unsaturated/α-hetero) is 1. The molecule has 1 aliphatic heterocycles. The van der Waals surface area contributed by atoms with Gasteiger partial charge >= 0.3 is 5.97 Å². The van der Waals surface area contributed by atoms with Gasteiger partial charge in [0.15, 0.2) is 5.78 Å². The predicted octanol–water partition coefficient (Wildman–Crippen LogP) is 3.11. The molecule has 0 radical (unpaired) electrons. The largest absolute Gasteiger partial charge is 0.468 e. The number of hydrogen-bond donors (Lipinski definition) is 0. The van der Waals surface area contributed by atoms with Crippen molar-refractivity contribution in [1.82, 2.24) is 4.90 Å². The average molecular weight is 429 g/mol. The number of ether oxygens (including phenoxy) is 1. The summed E-state index contributed by atoms with van der Waals surface area (Å²) in [6.07, 6.45) is 6.13. The van der Waals surface area contributed by atoms with Crippen LogP contribution in [0.5, 0.6) is 0 Å². The number of rotatable bonds is 7. The van der Waals surface area contributed by atoms with Gasteiger partial charge in [0.05, 0.1) is 19.4 Å². The summed E-state index contributed by atoms with van der Waals surface area (Å²) in [7, 11) is 1.35. The minimum absolute atomic E-state index is 0.0340. The van der Waals surface area contributed by atoms with E-state index in [1.807, 2.05) is 12.3 Å². The molecule has 1 aromatic rings. The zero-order chi connectivity index (χ0) is 20.8. The van der Waals surface area contributed by atoms with Gasteiger partial charge in [-0.05, 0) is 47.7 Å². The Morgan fingerprint density at radius 3 is 2.69 bits per heavy atom. The van der Waals surface area contributed by atoms with Crippen molar-refractivity contribution in [2.45, 2.75) is 11.3 Å². The van der Waals surface area contributed by atoms with Crippen LogP contribution >= 0.6 is 23.7 Å². The summed E-state index contributed by atoms with van der Waals surface area (Å²) in [5, 5.41) is 0. The number of esters is 1. The van der Waals surface area contributed by atoms with Gasteiger partial charge in [0.25, 0.3) is 5.91 Å². The normalized spacial score (nSPS) is 15.3. The van der Waals surface area contributed by atoms with Crippen molar-refractivity contribution in [3.05, 3.63) is 58.7 Å². The van der Waals surface area contributed by atoms with Gasteiger partial charge in [0.2, 0.25) is 0 Å². The van der Waals surface area contributed by atoms with E-state index in [0.29, 0.717) is 24.1 Å². The van der Waals surface area contributed by atoms with E-state index in [4.69, 9.17) is 0 Å². The lowest BCUT2D eigenvalue weighted by Crippen LogP contribution is -2.32. The minimum atomic E-state index is -0.300. The van der Waals surface area contributed by atoms with Gasteiger partial charge in [0.1, 0.15) is 0 Å². The number of thioether (sulfide) groups is 1. The molecule has 0 bridgehead atoms. The van der Waals surface area contributed by atoms with Gasteiger partial charge in [-0.3, -0.25) is 14.4 Å². The molecule has 0 N–H and O–H groups in total. The molecule has 29 heavy (non-hydrogen) atoms. The molecule has 0 unspecified atom stereocenters. The third kappa shape index (κ3) is 5.29. The van der Waals surface area contributed by atoms with Crippen LogP contribution in [0.1, 0.15) is 16.8 Å². The zero-order valence-corrected chi connectivity index (χ0v) is 17.8. The lowest BCUT2D eigenvalue weighted by molar-refractivity contribution is -0.137. The fraction of sp³-hybridized carbons (Fsp3) is 0.286. The van der Waals surface area contributed by atoms with Crippen LogP contribution in [0, 0.1) is 0 Å². The molecule has 0 atom stereocenters. The van der Waals surface area contributed by atoms with Gasteiger partial charge in [-0.15, -0.1) is 11.8 Å². The summed E-state index contributed by atoms with van der Waals surface area (Å²) in [4.78, 5) is 38.9. The van der Waals surface area contributed by atoms with Crippen molar-refractivity contribution in [2.24, 2.45) is 4.40 Å². The summed E-state index contributed by atoms with van der Waals surface area (Å²) in [6, 6.07) is 7.02. The number of carbonyl (C=O) groups is 3. The Morgan fingerprint density at radius 2 is 2.00 bits per heavy atom. The first kappa shape index (κ1) is 21.2. The highest BCUT2D eigenvalue weighted by Gasteiger charge is 2.31. The van der Waals surface area contributed by atoms with Gasteiger partial charge in [-0.25, -0.2) is 0 Å². The van der Waals surface area contributed by atoms with E-state index in [9.17, 15) is 14.4 Å². The maximum atomic E-state index is 12.6. The third-order valence-electron chi connectivity index (χ3n) is 4.51. The Bertz CT molecular complexity index is 957. The zero-order valence-electron chi connectivity index (χ0n) is 16.1. The number of carbonyl (C=O) groups excluding carboxylic acids is 3. The van der Waals surface area contributed by atoms with Crippen molar-refractivity contribution in [3.63, 3.8) is 0 Å². The van der Waals surface area contributed by atoms with Crippen LogP contribution in [0.3, 0.4) is 0 Å². The second-order valence-corrected chi connectivity index (χ2v) is 8.01. The first-order valence-electron chi connectivity index (χ1n) is 8.89. The number of methoxy groups -OCH3 is 1. The summed E-state index contributed by atoms with van der Waals surface area (Å²) >= 11 is 2.67. The first-order chi connectivity index (χ1) is 14.0. The predicted molar refractivity (Wildman–Crippen MR) is 115 cm³/mol. The van der Waals surface area contributed by atoms with Crippen molar-refractivity contribution < 1.29 is 19.1 Å². The van der Waals surface area contributed by atoms with E-state index in [1.165, 1.54) is 30.8 Å². The molecule has 6 nitrogen and oxygen atoms in total. The molecule has 2 aliphatic rings. The van der Waals surface area contributed by atoms with E-state index in [1.54, 1.807) is 35.2 Å².